The Morgan fingerprint density at radius 3 is 2.56 bits per heavy atom. The quantitative estimate of drug-likeness (QED) is 0.471. The van der Waals surface area contributed by atoms with Gasteiger partial charge in [-0.25, -0.2) is 8.42 Å². The summed E-state index contributed by atoms with van der Waals surface area (Å²) in [4.78, 5) is 12.6. The SMILES string of the molecule is CC(NC(=O)/C(C#N)=C\Nc1cc(S(=O)(=O)N2CCOCC2)ccc1Cl)c1ccccc1. The second-order valence-electron chi connectivity index (χ2n) is 7.08. The van der Waals surface area contributed by atoms with E-state index in [-0.39, 0.29) is 40.3 Å². The standard InChI is InChI=1S/C22H23ClN4O4S/c1-16(17-5-3-2-4-6-17)26-22(28)18(14-24)15-25-21-13-19(7-8-20(21)23)32(29,30)27-9-11-31-12-10-27/h2-8,13,15-16,25H,9-12H2,1H3,(H,26,28)/b18-15-. The number of benzene rings is 2. The van der Waals surface area contributed by atoms with Gasteiger partial charge in [0.15, 0.2) is 0 Å². The van der Waals surface area contributed by atoms with Crippen molar-refractivity contribution in [2.45, 2.75) is 17.9 Å². The first-order chi connectivity index (χ1) is 15.3. The number of morpholine rings is 1. The van der Waals surface area contributed by atoms with Gasteiger partial charge in [-0.15, -0.1) is 0 Å². The van der Waals surface area contributed by atoms with Gasteiger partial charge in [0.05, 0.1) is 34.9 Å². The van der Waals surface area contributed by atoms with E-state index in [2.05, 4.69) is 10.6 Å². The minimum absolute atomic E-state index is 0.0559. The lowest BCUT2D eigenvalue weighted by Gasteiger charge is -2.26. The van der Waals surface area contributed by atoms with Crippen LogP contribution in [-0.4, -0.2) is 44.9 Å². The highest BCUT2D eigenvalue weighted by Gasteiger charge is 2.27. The van der Waals surface area contributed by atoms with Gasteiger partial charge in [-0.05, 0) is 30.7 Å². The van der Waals surface area contributed by atoms with Crippen molar-refractivity contribution in [3.05, 3.63) is 70.9 Å². The highest BCUT2D eigenvalue weighted by molar-refractivity contribution is 7.89. The number of nitrogens with one attached hydrogen (secondary N) is 2. The predicted molar refractivity (Wildman–Crippen MR) is 121 cm³/mol. The number of rotatable bonds is 7. The van der Waals surface area contributed by atoms with Gasteiger partial charge < -0.3 is 15.4 Å². The molecule has 1 heterocycles. The third kappa shape index (κ3) is 5.66. The van der Waals surface area contributed by atoms with Crippen molar-refractivity contribution in [2.75, 3.05) is 31.6 Å². The summed E-state index contributed by atoms with van der Waals surface area (Å²) in [7, 11) is -3.72. The summed E-state index contributed by atoms with van der Waals surface area (Å²) in [6, 6.07) is 15.1. The molecule has 0 aliphatic carbocycles. The fraction of sp³-hybridized carbons (Fsp3) is 0.273. The number of amides is 1. The van der Waals surface area contributed by atoms with E-state index < -0.39 is 15.9 Å². The first kappa shape index (κ1) is 23.8. The summed E-state index contributed by atoms with van der Waals surface area (Å²) in [6.45, 7) is 3.02. The lowest BCUT2D eigenvalue weighted by atomic mass is 10.1. The van der Waals surface area contributed by atoms with Gasteiger partial charge in [-0.3, -0.25) is 4.79 Å². The molecule has 0 spiro atoms. The summed E-state index contributed by atoms with van der Waals surface area (Å²) in [5.74, 6) is -0.565. The van der Waals surface area contributed by atoms with E-state index in [1.165, 1.54) is 28.7 Å². The molecule has 32 heavy (non-hydrogen) atoms. The summed E-state index contributed by atoms with van der Waals surface area (Å²) >= 11 is 6.20. The summed E-state index contributed by atoms with van der Waals surface area (Å²) in [6.07, 6.45) is 1.21. The van der Waals surface area contributed by atoms with E-state index in [9.17, 15) is 18.5 Å². The van der Waals surface area contributed by atoms with Gasteiger partial charge in [-0.1, -0.05) is 41.9 Å². The molecule has 0 saturated carbocycles. The molecule has 1 aliphatic heterocycles. The molecule has 0 aromatic heterocycles. The van der Waals surface area contributed by atoms with Crippen molar-refractivity contribution < 1.29 is 17.9 Å². The Morgan fingerprint density at radius 2 is 1.91 bits per heavy atom. The number of anilines is 1. The van der Waals surface area contributed by atoms with Crippen LogP contribution in [0.1, 0.15) is 18.5 Å². The molecule has 2 aromatic rings. The lowest BCUT2D eigenvalue weighted by Crippen LogP contribution is -2.40. The van der Waals surface area contributed by atoms with Crippen LogP contribution in [0.3, 0.4) is 0 Å². The third-order valence-electron chi connectivity index (χ3n) is 4.93. The minimum atomic E-state index is -3.72. The maximum atomic E-state index is 12.9. The number of halogens is 1. The Labute approximate surface area is 192 Å². The second kappa shape index (κ2) is 10.6. The minimum Gasteiger partial charge on any atom is -0.379 e. The van der Waals surface area contributed by atoms with Crippen LogP contribution in [0.5, 0.6) is 0 Å². The molecule has 168 valence electrons. The number of hydrogen-bond acceptors (Lipinski definition) is 6. The molecule has 0 radical (unpaired) electrons. The van der Waals surface area contributed by atoms with Crippen LogP contribution < -0.4 is 10.6 Å². The topological polar surface area (TPSA) is 112 Å². The van der Waals surface area contributed by atoms with Crippen LogP contribution in [-0.2, 0) is 19.6 Å². The molecule has 1 atom stereocenters. The predicted octanol–water partition coefficient (Wildman–Crippen LogP) is 3.06. The van der Waals surface area contributed by atoms with Crippen molar-refractivity contribution in [3.8, 4) is 6.07 Å². The van der Waals surface area contributed by atoms with Crippen molar-refractivity contribution in [1.82, 2.24) is 9.62 Å². The molecule has 1 saturated heterocycles. The molecule has 1 unspecified atom stereocenters. The highest BCUT2D eigenvalue weighted by Crippen LogP contribution is 2.27. The number of nitriles is 1. The number of hydrogen-bond donors (Lipinski definition) is 2. The Hall–Kier alpha value is -2.90. The highest BCUT2D eigenvalue weighted by atomic mass is 35.5. The van der Waals surface area contributed by atoms with E-state index in [1.807, 2.05) is 43.3 Å². The van der Waals surface area contributed by atoms with Gasteiger partial charge in [0.25, 0.3) is 5.91 Å². The molecular formula is C22H23ClN4O4S. The summed E-state index contributed by atoms with van der Waals surface area (Å²) in [5.41, 5.74) is 0.984. The van der Waals surface area contributed by atoms with Gasteiger partial charge in [0, 0.05) is 19.3 Å². The molecule has 1 aliphatic rings. The Kier molecular flexibility index (Phi) is 7.88. The molecule has 3 rings (SSSR count). The fourth-order valence-corrected chi connectivity index (χ4v) is 4.72. The van der Waals surface area contributed by atoms with E-state index in [0.717, 1.165) is 5.56 Å². The summed E-state index contributed by atoms with van der Waals surface area (Å²) in [5, 5.41) is 15.2. The smallest absolute Gasteiger partial charge is 0.263 e. The van der Waals surface area contributed by atoms with E-state index in [0.29, 0.717) is 13.2 Å². The maximum absolute atomic E-state index is 12.9. The molecule has 1 amide bonds. The molecule has 10 heteroatoms. The van der Waals surface area contributed by atoms with Crippen LogP contribution >= 0.6 is 11.6 Å². The Bertz CT molecular complexity index is 1140. The first-order valence-corrected chi connectivity index (χ1v) is 11.7. The number of nitrogens with zero attached hydrogens (tertiary/aromatic N) is 2. The fourth-order valence-electron chi connectivity index (χ4n) is 3.11. The zero-order valence-corrected chi connectivity index (χ0v) is 19.0. The molecule has 1 fully saturated rings. The van der Waals surface area contributed by atoms with Crippen LogP contribution in [0, 0.1) is 11.3 Å². The van der Waals surface area contributed by atoms with Gasteiger partial charge in [-0.2, -0.15) is 9.57 Å². The van der Waals surface area contributed by atoms with Crippen LogP contribution in [0.2, 0.25) is 5.02 Å². The van der Waals surface area contributed by atoms with E-state index in [1.54, 1.807) is 0 Å². The van der Waals surface area contributed by atoms with Crippen LogP contribution in [0.4, 0.5) is 5.69 Å². The third-order valence-corrected chi connectivity index (χ3v) is 7.15. The first-order valence-electron chi connectivity index (χ1n) is 9.93. The normalized spacial score (nSPS) is 16.1. The van der Waals surface area contributed by atoms with E-state index in [4.69, 9.17) is 16.3 Å². The van der Waals surface area contributed by atoms with Gasteiger partial charge in [0.1, 0.15) is 11.6 Å². The van der Waals surface area contributed by atoms with E-state index >= 15 is 0 Å². The zero-order chi connectivity index (χ0) is 23.1. The second-order valence-corrected chi connectivity index (χ2v) is 9.42. The number of carbonyl (C=O) groups excluding carboxylic acids is 1. The molecular weight excluding hydrogens is 452 g/mol. The lowest BCUT2D eigenvalue weighted by molar-refractivity contribution is -0.117. The van der Waals surface area contributed by atoms with Gasteiger partial charge >= 0.3 is 0 Å². The largest absolute Gasteiger partial charge is 0.379 e. The molecule has 2 aromatic carbocycles. The average Bonchev–Trinajstić information content (AvgIpc) is 2.81. The maximum Gasteiger partial charge on any atom is 0.263 e. The van der Waals surface area contributed by atoms with Gasteiger partial charge in [0.2, 0.25) is 10.0 Å². The number of sulfonamides is 1. The molecule has 2 N–H and O–H groups in total. The number of carbonyl (C=O) groups is 1. The van der Waals surface area contributed by atoms with Crippen LogP contribution in [0.25, 0.3) is 0 Å². The van der Waals surface area contributed by atoms with Crippen molar-refractivity contribution in [2.24, 2.45) is 0 Å². The van der Waals surface area contributed by atoms with Crippen molar-refractivity contribution >= 4 is 33.2 Å². The molecule has 8 nitrogen and oxygen atoms in total. The van der Waals surface area contributed by atoms with Crippen LogP contribution in [0.15, 0.2) is 65.2 Å². The Morgan fingerprint density at radius 1 is 1.22 bits per heavy atom. The molecule has 0 bridgehead atoms. The average molecular weight is 475 g/mol. The van der Waals surface area contributed by atoms with Crippen molar-refractivity contribution in [1.29, 1.82) is 5.26 Å². The summed E-state index contributed by atoms with van der Waals surface area (Å²) < 4.78 is 32.3. The monoisotopic (exact) mass is 474 g/mol. The van der Waals surface area contributed by atoms with Crippen molar-refractivity contribution in [3.63, 3.8) is 0 Å². The number of ether oxygens (including phenoxy) is 1. The zero-order valence-electron chi connectivity index (χ0n) is 17.4. The Balaban J connectivity index is 1.76.